The summed E-state index contributed by atoms with van der Waals surface area (Å²) >= 11 is 0. The molecule has 0 saturated carbocycles. The van der Waals surface area contributed by atoms with Gasteiger partial charge in [0.2, 0.25) is 5.91 Å². The average molecular weight is 256 g/mol. The third-order valence-corrected chi connectivity index (χ3v) is 4.78. The van der Waals surface area contributed by atoms with Crippen LogP contribution >= 0.6 is 0 Å². The molecule has 0 aromatic carbocycles. The lowest BCUT2D eigenvalue weighted by Crippen LogP contribution is -2.57. The molecule has 1 amide bonds. The Kier molecular flexibility index (Phi) is 5.17. The molecule has 0 bridgehead atoms. The number of amides is 1. The van der Waals surface area contributed by atoms with Crippen LogP contribution in [0, 0.1) is 11.3 Å². The summed E-state index contributed by atoms with van der Waals surface area (Å²) in [7, 11) is 0. The Balaban J connectivity index is 2.85. The number of hydrogen-bond donors (Lipinski definition) is 3. The van der Waals surface area contributed by atoms with E-state index in [1.165, 1.54) is 0 Å². The molecular weight excluding hydrogens is 228 g/mol. The smallest absolute Gasteiger partial charge is 0.228 e. The van der Waals surface area contributed by atoms with Gasteiger partial charge in [-0.3, -0.25) is 4.79 Å². The van der Waals surface area contributed by atoms with Crippen LogP contribution in [0.15, 0.2) is 0 Å². The molecule has 4 heteroatoms. The summed E-state index contributed by atoms with van der Waals surface area (Å²) in [5.41, 5.74) is -0.772. The molecule has 1 aliphatic rings. The van der Waals surface area contributed by atoms with E-state index in [0.29, 0.717) is 5.92 Å². The van der Waals surface area contributed by atoms with Gasteiger partial charge in [0.05, 0.1) is 17.6 Å². The summed E-state index contributed by atoms with van der Waals surface area (Å²) in [5.74, 6) is 0.401. The lowest BCUT2D eigenvalue weighted by molar-refractivity contribution is -0.135. The molecule has 18 heavy (non-hydrogen) atoms. The van der Waals surface area contributed by atoms with Crippen molar-refractivity contribution in [1.82, 2.24) is 10.6 Å². The van der Waals surface area contributed by atoms with Gasteiger partial charge in [0.25, 0.3) is 0 Å². The van der Waals surface area contributed by atoms with Crippen molar-refractivity contribution in [2.45, 2.75) is 52.5 Å². The Morgan fingerprint density at radius 1 is 1.44 bits per heavy atom. The number of rotatable bonds is 6. The number of carbonyl (C=O) groups is 1. The Morgan fingerprint density at radius 3 is 2.39 bits per heavy atom. The molecule has 3 N–H and O–H groups in total. The van der Waals surface area contributed by atoms with Gasteiger partial charge in [-0.2, -0.15) is 0 Å². The third-order valence-electron chi connectivity index (χ3n) is 4.78. The minimum Gasteiger partial charge on any atom is -0.394 e. The second kappa shape index (κ2) is 6.02. The second-order valence-corrected chi connectivity index (χ2v) is 5.84. The zero-order valence-electron chi connectivity index (χ0n) is 12.2. The van der Waals surface area contributed by atoms with Crippen LogP contribution in [0.4, 0.5) is 0 Å². The largest absolute Gasteiger partial charge is 0.394 e. The highest BCUT2D eigenvalue weighted by Crippen LogP contribution is 2.35. The van der Waals surface area contributed by atoms with E-state index in [0.717, 1.165) is 32.4 Å². The summed E-state index contributed by atoms with van der Waals surface area (Å²) in [5, 5.41) is 16.0. The van der Waals surface area contributed by atoms with Crippen LogP contribution < -0.4 is 10.6 Å². The number of hydrogen-bond acceptors (Lipinski definition) is 3. The molecule has 0 aliphatic carbocycles. The average Bonchev–Trinajstić information content (AvgIpc) is 2.86. The molecule has 1 saturated heterocycles. The molecule has 106 valence electrons. The zero-order valence-corrected chi connectivity index (χ0v) is 12.2. The molecule has 1 fully saturated rings. The molecule has 1 aliphatic heterocycles. The molecule has 0 radical (unpaired) electrons. The summed E-state index contributed by atoms with van der Waals surface area (Å²) in [4.78, 5) is 12.6. The van der Waals surface area contributed by atoms with Crippen molar-refractivity contribution in [3.63, 3.8) is 0 Å². The van der Waals surface area contributed by atoms with E-state index < -0.39 is 5.54 Å². The predicted octanol–water partition coefficient (Wildman–Crippen LogP) is 1.29. The summed E-state index contributed by atoms with van der Waals surface area (Å²) in [6.45, 7) is 9.87. The quantitative estimate of drug-likeness (QED) is 0.671. The van der Waals surface area contributed by atoms with Crippen molar-refractivity contribution in [3.05, 3.63) is 0 Å². The van der Waals surface area contributed by atoms with Crippen molar-refractivity contribution >= 4 is 5.91 Å². The molecule has 1 atom stereocenters. The van der Waals surface area contributed by atoms with Gasteiger partial charge in [0, 0.05) is 6.54 Å². The first-order chi connectivity index (χ1) is 8.46. The summed E-state index contributed by atoms with van der Waals surface area (Å²) < 4.78 is 0. The van der Waals surface area contributed by atoms with Gasteiger partial charge in [0.15, 0.2) is 0 Å². The van der Waals surface area contributed by atoms with Crippen LogP contribution in [0.25, 0.3) is 0 Å². The third kappa shape index (κ3) is 2.69. The number of nitrogens with one attached hydrogen (secondary N) is 2. The van der Waals surface area contributed by atoms with Gasteiger partial charge in [0.1, 0.15) is 0 Å². The van der Waals surface area contributed by atoms with Gasteiger partial charge in [-0.05, 0) is 31.7 Å². The van der Waals surface area contributed by atoms with Gasteiger partial charge in [-0.1, -0.05) is 27.7 Å². The first-order valence-electron chi connectivity index (χ1n) is 7.10. The van der Waals surface area contributed by atoms with E-state index in [9.17, 15) is 9.90 Å². The molecule has 0 aromatic rings. The van der Waals surface area contributed by atoms with E-state index in [-0.39, 0.29) is 17.9 Å². The maximum absolute atomic E-state index is 12.6. The van der Waals surface area contributed by atoms with Crippen LogP contribution in [-0.4, -0.2) is 36.2 Å². The van der Waals surface area contributed by atoms with Gasteiger partial charge >= 0.3 is 0 Å². The van der Waals surface area contributed by atoms with E-state index in [1.54, 1.807) is 0 Å². The highest BCUT2D eigenvalue weighted by atomic mass is 16.3. The molecular formula is C14H28N2O2. The number of aliphatic hydroxyl groups is 1. The molecule has 1 rings (SSSR count). The first-order valence-corrected chi connectivity index (χ1v) is 7.10. The fraction of sp³-hybridized carbons (Fsp3) is 0.929. The Morgan fingerprint density at radius 2 is 2.06 bits per heavy atom. The maximum Gasteiger partial charge on any atom is 0.228 e. The molecule has 0 spiro atoms. The predicted molar refractivity (Wildman–Crippen MR) is 73.3 cm³/mol. The lowest BCUT2D eigenvalue weighted by atomic mass is 9.74. The SMILES string of the molecule is CCC(CC)(CO)NC(=O)C1(C(C)C)CCNC1. The van der Waals surface area contributed by atoms with Crippen molar-refractivity contribution in [2.75, 3.05) is 19.7 Å². The van der Waals surface area contributed by atoms with E-state index in [1.807, 2.05) is 13.8 Å². The minimum atomic E-state index is -0.457. The topological polar surface area (TPSA) is 61.4 Å². The van der Waals surface area contributed by atoms with Crippen molar-refractivity contribution in [1.29, 1.82) is 0 Å². The number of aliphatic hydroxyl groups excluding tert-OH is 1. The zero-order chi connectivity index (χ0) is 13.8. The van der Waals surface area contributed by atoms with E-state index >= 15 is 0 Å². The number of carbonyl (C=O) groups excluding carboxylic acids is 1. The van der Waals surface area contributed by atoms with Crippen molar-refractivity contribution in [2.24, 2.45) is 11.3 Å². The fourth-order valence-corrected chi connectivity index (χ4v) is 2.72. The summed E-state index contributed by atoms with van der Waals surface area (Å²) in [6.07, 6.45) is 2.39. The maximum atomic E-state index is 12.6. The van der Waals surface area contributed by atoms with E-state index in [4.69, 9.17) is 0 Å². The van der Waals surface area contributed by atoms with Crippen LogP contribution in [0.5, 0.6) is 0 Å². The van der Waals surface area contributed by atoms with Crippen molar-refractivity contribution < 1.29 is 9.90 Å². The monoisotopic (exact) mass is 256 g/mol. The summed E-state index contributed by atoms with van der Waals surface area (Å²) in [6, 6.07) is 0. The highest BCUT2D eigenvalue weighted by Gasteiger charge is 2.45. The molecule has 1 unspecified atom stereocenters. The standard InChI is InChI=1S/C14H28N2O2/c1-5-13(6-2,10-17)16-12(18)14(11(3)4)7-8-15-9-14/h11,15,17H,5-10H2,1-4H3,(H,16,18). The lowest BCUT2D eigenvalue weighted by Gasteiger charge is -2.38. The normalized spacial score (nSPS) is 24.6. The Hall–Kier alpha value is -0.610. The molecule has 4 nitrogen and oxygen atoms in total. The van der Waals surface area contributed by atoms with Crippen LogP contribution in [0.1, 0.15) is 47.0 Å². The van der Waals surface area contributed by atoms with Gasteiger partial charge in [-0.15, -0.1) is 0 Å². The second-order valence-electron chi connectivity index (χ2n) is 5.84. The minimum absolute atomic E-state index is 0.00729. The Labute approximate surface area is 111 Å². The fourth-order valence-electron chi connectivity index (χ4n) is 2.72. The van der Waals surface area contributed by atoms with Gasteiger partial charge in [-0.25, -0.2) is 0 Å². The Bertz CT molecular complexity index is 271. The first kappa shape index (κ1) is 15.4. The van der Waals surface area contributed by atoms with Crippen LogP contribution in [0.2, 0.25) is 0 Å². The highest BCUT2D eigenvalue weighted by molar-refractivity contribution is 5.84. The van der Waals surface area contributed by atoms with Gasteiger partial charge < -0.3 is 15.7 Å². The van der Waals surface area contributed by atoms with Crippen LogP contribution in [-0.2, 0) is 4.79 Å². The van der Waals surface area contributed by atoms with Crippen molar-refractivity contribution in [3.8, 4) is 0 Å². The van der Waals surface area contributed by atoms with Crippen LogP contribution in [0.3, 0.4) is 0 Å². The molecule has 0 aromatic heterocycles. The molecule has 1 heterocycles. The van der Waals surface area contributed by atoms with E-state index in [2.05, 4.69) is 24.5 Å².